The molecule has 0 atom stereocenters. The van der Waals surface area contributed by atoms with E-state index in [0.29, 0.717) is 0 Å². The molecule has 14 N–H and O–H groups in total. The Kier molecular flexibility index (Phi) is 205. The van der Waals surface area contributed by atoms with Crippen molar-refractivity contribution in [2.75, 3.05) is 0 Å². The maximum atomic E-state index is 8.52. The summed E-state index contributed by atoms with van der Waals surface area (Å²) in [6.07, 6.45) is 0. The van der Waals surface area contributed by atoms with Gasteiger partial charge < -0.3 is 56.5 Å². The fraction of sp³-hybridized carbons (Fsp3) is 0. The molecule has 0 rings (SSSR count). The zero-order chi connectivity index (χ0) is 9.00. The van der Waals surface area contributed by atoms with Gasteiger partial charge in [-0.1, -0.05) is 0 Å². The van der Waals surface area contributed by atoms with E-state index in [-0.39, 0.29) is 121 Å². The molecule has 0 amide bonds. The molecule has 0 aromatic carbocycles. The molecule has 0 aromatic heterocycles. The summed E-state index contributed by atoms with van der Waals surface area (Å²) >= 11 is 0. The quantitative estimate of drug-likeness (QED) is 0.217. The predicted octanol–water partition coefficient (Wildman–Crippen LogP) is -14.8. The summed E-state index contributed by atoms with van der Waals surface area (Å²) in [4.78, 5) is 0. The Morgan fingerprint density at radius 1 is 0.450 bits per heavy atom. The van der Waals surface area contributed by atoms with E-state index in [4.69, 9.17) is 35.0 Å². The first-order valence-corrected chi connectivity index (χ1v) is 4.00. The van der Waals surface area contributed by atoms with Crippen LogP contribution in [0.5, 0.6) is 0 Å². The standard InChI is InChI=1S/Mg.2Na.2H2O4S.7H2O/c;;;2*1-5(2,3)4;;;;;;;/h;;;2*(H2,1,2,3,4);7*1H2/q+2;2*+1;;;;;;;;;/p-4. The Morgan fingerprint density at radius 3 is 0.450 bits per heavy atom. The normalized spacial score (nSPS) is 5.80. The average Bonchev–Trinajstić information content (AvgIpc) is 1.12. The van der Waals surface area contributed by atoms with Gasteiger partial charge in [-0.25, -0.2) is 0 Å². The van der Waals surface area contributed by atoms with E-state index in [1.807, 2.05) is 0 Å². The molecule has 0 heterocycles. The van der Waals surface area contributed by atoms with Crippen LogP contribution in [0.4, 0.5) is 0 Å². The minimum atomic E-state index is -5.17. The molecule has 0 aliphatic carbocycles. The van der Waals surface area contributed by atoms with Crippen molar-refractivity contribution in [1.29, 1.82) is 0 Å². The summed E-state index contributed by atoms with van der Waals surface area (Å²) in [5, 5.41) is 0. The molecule has 0 bridgehead atoms. The van der Waals surface area contributed by atoms with Gasteiger partial charge in [0.2, 0.25) is 0 Å². The van der Waals surface area contributed by atoms with Crippen molar-refractivity contribution in [2.24, 2.45) is 0 Å². The largest absolute Gasteiger partial charge is 2.00 e. The maximum absolute atomic E-state index is 8.52. The molecule has 0 saturated heterocycles. The van der Waals surface area contributed by atoms with Gasteiger partial charge in [-0.15, -0.1) is 0 Å². The van der Waals surface area contributed by atoms with Gasteiger partial charge in [0, 0.05) is 20.8 Å². The number of rotatable bonds is 0. The van der Waals surface area contributed by atoms with Crippen LogP contribution in [-0.4, -0.2) is 96.4 Å². The Morgan fingerprint density at radius 2 is 0.450 bits per heavy atom. The van der Waals surface area contributed by atoms with Crippen LogP contribution >= 0.6 is 0 Å². The molecule has 120 valence electrons. The minimum Gasteiger partial charge on any atom is -0.759 e. The fourth-order valence-electron chi connectivity index (χ4n) is 0. The third-order valence-corrected chi connectivity index (χ3v) is 0. The van der Waals surface area contributed by atoms with Crippen molar-refractivity contribution < 1.29 is 132 Å². The summed E-state index contributed by atoms with van der Waals surface area (Å²) in [7, 11) is -10.3. The zero-order valence-electron chi connectivity index (χ0n) is 10.3. The van der Waals surface area contributed by atoms with E-state index in [9.17, 15) is 0 Å². The smallest absolute Gasteiger partial charge is 0.759 e. The summed E-state index contributed by atoms with van der Waals surface area (Å²) in [6.45, 7) is 0. The molecule has 0 aliphatic rings. The maximum Gasteiger partial charge on any atom is 2.00 e. The third kappa shape index (κ3) is 1510. The summed E-state index contributed by atoms with van der Waals surface area (Å²) in [5.74, 6) is 0. The Bertz CT molecular complexity index is 220. The second-order valence-corrected chi connectivity index (χ2v) is 2.45. The number of hydrogen-bond donors (Lipinski definition) is 0. The summed E-state index contributed by atoms with van der Waals surface area (Å²) in [5.41, 5.74) is 0. The molecule has 0 aliphatic heterocycles. The van der Waals surface area contributed by atoms with E-state index in [2.05, 4.69) is 0 Å². The molecular formula is H14MgNa2O15S2. The molecule has 0 radical (unpaired) electrons. The van der Waals surface area contributed by atoms with Crippen molar-refractivity contribution >= 4 is 43.9 Å². The van der Waals surface area contributed by atoms with Crippen LogP contribution in [0.3, 0.4) is 0 Å². The molecule has 15 nitrogen and oxygen atoms in total. The van der Waals surface area contributed by atoms with E-state index in [0.717, 1.165) is 0 Å². The van der Waals surface area contributed by atoms with Crippen molar-refractivity contribution in [2.45, 2.75) is 0 Å². The predicted molar refractivity (Wildman–Crippen MR) is 52.0 cm³/mol. The topological polar surface area (TPSA) is 381 Å². The van der Waals surface area contributed by atoms with Gasteiger partial charge in [-0.3, -0.25) is 16.8 Å². The molecule has 0 saturated carbocycles. The van der Waals surface area contributed by atoms with Crippen LogP contribution in [0.15, 0.2) is 0 Å². The van der Waals surface area contributed by atoms with Gasteiger partial charge in [-0.2, -0.15) is 0 Å². The van der Waals surface area contributed by atoms with Gasteiger partial charge in [0.15, 0.2) is 0 Å². The first kappa shape index (κ1) is 95.8. The van der Waals surface area contributed by atoms with Crippen LogP contribution in [0.25, 0.3) is 0 Å². The molecule has 20 heteroatoms. The van der Waals surface area contributed by atoms with Crippen molar-refractivity contribution in [1.82, 2.24) is 0 Å². The van der Waals surface area contributed by atoms with Gasteiger partial charge in [0.1, 0.15) is 0 Å². The summed E-state index contributed by atoms with van der Waals surface area (Å²) < 4.78 is 68.2. The van der Waals surface area contributed by atoms with Crippen LogP contribution < -0.4 is 59.1 Å². The average molecular weight is 389 g/mol. The number of hydrogen-bond acceptors (Lipinski definition) is 8. The van der Waals surface area contributed by atoms with Gasteiger partial charge in [0.25, 0.3) is 0 Å². The minimum absolute atomic E-state index is 0. The van der Waals surface area contributed by atoms with Gasteiger partial charge in [0.05, 0.1) is 0 Å². The molecule has 0 unspecified atom stereocenters. The van der Waals surface area contributed by atoms with Crippen molar-refractivity contribution in [3.8, 4) is 0 Å². The summed E-state index contributed by atoms with van der Waals surface area (Å²) in [6, 6.07) is 0. The van der Waals surface area contributed by atoms with Crippen molar-refractivity contribution in [3.63, 3.8) is 0 Å². The van der Waals surface area contributed by atoms with E-state index in [1.54, 1.807) is 0 Å². The first-order chi connectivity index (χ1) is 4.00. The van der Waals surface area contributed by atoms with Gasteiger partial charge in [-0.05, 0) is 0 Å². The van der Waals surface area contributed by atoms with Crippen LogP contribution in [-0.2, 0) is 20.8 Å². The van der Waals surface area contributed by atoms with E-state index in [1.165, 1.54) is 0 Å². The first-order valence-electron chi connectivity index (χ1n) is 1.33. The van der Waals surface area contributed by atoms with Crippen LogP contribution in [0, 0.1) is 0 Å². The second kappa shape index (κ2) is 42.9. The SMILES string of the molecule is O.O.O.O.O.O.O.O=S(=O)([O-])[O-].O=S(=O)([O-])[O-].[Mg+2].[Na+].[Na+]. The van der Waals surface area contributed by atoms with E-state index < -0.39 is 20.8 Å². The molecular weight excluding hydrogens is 374 g/mol. The molecule has 0 fully saturated rings. The molecule has 0 spiro atoms. The Labute approximate surface area is 174 Å². The molecule has 20 heavy (non-hydrogen) atoms. The third-order valence-electron chi connectivity index (χ3n) is 0. The second-order valence-electron chi connectivity index (χ2n) is 0.816. The van der Waals surface area contributed by atoms with E-state index >= 15 is 0 Å². The fourth-order valence-corrected chi connectivity index (χ4v) is 0. The monoisotopic (exact) mass is 388 g/mol. The van der Waals surface area contributed by atoms with Crippen LogP contribution in [0.1, 0.15) is 0 Å². The van der Waals surface area contributed by atoms with Crippen molar-refractivity contribution in [3.05, 3.63) is 0 Å². The Hall–Kier alpha value is 2.23. The zero-order valence-corrected chi connectivity index (χ0v) is 17.3. The van der Waals surface area contributed by atoms with Gasteiger partial charge >= 0.3 is 82.2 Å². The Balaban J connectivity index is -0.00000000427. The van der Waals surface area contributed by atoms with Crippen LogP contribution in [0.2, 0.25) is 0 Å². The molecule has 0 aromatic rings.